The van der Waals surface area contributed by atoms with Gasteiger partial charge in [-0.2, -0.15) is 13.9 Å². The molecular weight excluding hydrogens is 405 g/mol. The van der Waals surface area contributed by atoms with Gasteiger partial charge < -0.3 is 4.74 Å². The molecule has 0 heterocycles. The van der Waals surface area contributed by atoms with Gasteiger partial charge in [-0.25, -0.2) is 0 Å². The number of hydrogen-bond donors (Lipinski definition) is 1. The third kappa shape index (κ3) is 7.56. The van der Waals surface area contributed by atoms with Crippen molar-refractivity contribution in [3.8, 4) is 0 Å². The number of carbonyl (C=O) groups is 1. The maximum absolute atomic E-state index is 11.6. The molecule has 0 saturated heterocycles. The summed E-state index contributed by atoms with van der Waals surface area (Å²) in [6, 6.07) is 9.55. The monoisotopic (exact) mass is 444 g/mol. The Morgan fingerprint density at radius 2 is 1.57 bits per heavy atom. The molecule has 1 rings (SSSR count). The lowest BCUT2D eigenvalue weighted by Gasteiger charge is -2.46. The van der Waals surface area contributed by atoms with Crippen molar-refractivity contribution in [3.05, 3.63) is 35.9 Å². The van der Waals surface area contributed by atoms with Crippen LogP contribution in [0.5, 0.6) is 0 Å². The second-order valence-corrected chi connectivity index (χ2v) is 11.2. The molecule has 0 spiro atoms. The zero-order chi connectivity index (χ0) is 23.0. The first-order valence-electron chi connectivity index (χ1n) is 10.4. The van der Waals surface area contributed by atoms with E-state index in [4.69, 9.17) is 18.6 Å². The van der Waals surface area contributed by atoms with Gasteiger partial charge in [0.05, 0.1) is 13.2 Å². The van der Waals surface area contributed by atoms with Gasteiger partial charge in [0.15, 0.2) is 0 Å². The van der Waals surface area contributed by atoms with Crippen LogP contribution in [0.2, 0.25) is 0 Å². The molecule has 0 aliphatic rings. The molecule has 0 amide bonds. The van der Waals surface area contributed by atoms with Crippen molar-refractivity contribution in [2.45, 2.75) is 72.8 Å². The zero-order valence-electron chi connectivity index (χ0n) is 19.6. The summed E-state index contributed by atoms with van der Waals surface area (Å²) in [6.45, 7) is 16.8. The van der Waals surface area contributed by atoms with Crippen molar-refractivity contribution in [3.63, 3.8) is 0 Å². The quantitative estimate of drug-likeness (QED) is 0.272. The lowest BCUT2D eigenvalue weighted by molar-refractivity contribution is -0.275. The van der Waals surface area contributed by atoms with Gasteiger partial charge in [-0.15, -0.1) is 5.06 Å². The summed E-state index contributed by atoms with van der Waals surface area (Å²) >= 11 is 0. The number of nitrogens with zero attached hydrogens (tertiary/aromatic N) is 1. The van der Waals surface area contributed by atoms with Gasteiger partial charge in [-0.05, 0) is 40.2 Å². The van der Waals surface area contributed by atoms with Crippen LogP contribution in [-0.2, 0) is 23.4 Å². The van der Waals surface area contributed by atoms with E-state index in [9.17, 15) is 9.69 Å². The molecule has 0 saturated carbocycles. The summed E-state index contributed by atoms with van der Waals surface area (Å²) in [5.74, 6) is -0.590. The summed E-state index contributed by atoms with van der Waals surface area (Å²) < 4.78 is 16.7. The van der Waals surface area contributed by atoms with Crippen LogP contribution >= 0.6 is 7.94 Å². The fourth-order valence-corrected chi connectivity index (χ4v) is 5.97. The largest absolute Gasteiger partial charge is 0.465 e. The summed E-state index contributed by atoms with van der Waals surface area (Å²) in [5.41, 5.74) is -0.114. The topological polar surface area (TPSA) is 77.5 Å². The maximum atomic E-state index is 11.6. The average Bonchev–Trinajstić information content (AvgIpc) is 2.63. The Labute approximate surface area is 182 Å². The lowest BCUT2D eigenvalue weighted by Crippen LogP contribution is -2.55. The Kier molecular flexibility index (Phi) is 10.3. The fraction of sp³-hybridized carbons (Fsp3) is 0.682. The Morgan fingerprint density at radius 1 is 1.03 bits per heavy atom. The van der Waals surface area contributed by atoms with Gasteiger partial charge in [-0.1, -0.05) is 51.1 Å². The molecule has 0 bridgehead atoms. The van der Waals surface area contributed by atoms with E-state index in [0.29, 0.717) is 19.7 Å². The summed E-state index contributed by atoms with van der Waals surface area (Å²) in [5, 5.41) is 1.76. The van der Waals surface area contributed by atoms with Crippen molar-refractivity contribution < 1.29 is 28.3 Å². The predicted molar refractivity (Wildman–Crippen MR) is 120 cm³/mol. The Balaban J connectivity index is 3.48. The highest BCUT2D eigenvalue weighted by atomic mass is 31.2. The molecule has 0 fully saturated rings. The van der Waals surface area contributed by atoms with Crippen LogP contribution in [0.3, 0.4) is 0 Å². The molecule has 0 radical (unpaired) electrons. The van der Waals surface area contributed by atoms with E-state index < -0.39 is 30.8 Å². The van der Waals surface area contributed by atoms with Gasteiger partial charge in [0, 0.05) is 11.0 Å². The van der Waals surface area contributed by atoms with Gasteiger partial charge >= 0.3 is 7.94 Å². The minimum absolute atomic E-state index is 0.0388. The van der Waals surface area contributed by atoms with Crippen LogP contribution in [-0.4, -0.2) is 47.6 Å². The van der Waals surface area contributed by atoms with Gasteiger partial charge in [0.25, 0.3) is 6.47 Å². The second-order valence-electron chi connectivity index (χ2n) is 9.07. The predicted octanol–water partition coefficient (Wildman–Crippen LogP) is 5.13. The number of ether oxygens (including phenoxy) is 1. The molecule has 1 aromatic carbocycles. The molecule has 0 aliphatic carbocycles. The van der Waals surface area contributed by atoms with E-state index >= 15 is 0 Å². The van der Waals surface area contributed by atoms with Crippen molar-refractivity contribution in [1.29, 1.82) is 0 Å². The van der Waals surface area contributed by atoms with E-state index in [1.54, 1.807) is 5.06 Å². The molecule has 0 aromatic heterocycles. The van der Waals surface area contributed by atoms with Crippen molar-refractivity contribution in [1.82, 2.24) is 5.06 Å². The van der Waals surface area contributed by atoms with Crippen molar-refractivity contribution >= 4 is 14.4 Å². The molecular formula is C22H39NO6P+. The highest BCUT2D eigenvalue weighted by Crippen LogP contribution is 2.67. The number of benzene rings is 1. The van der Waals surface area contributed by atoms with Gasteiger partial charge in [0.1, 0.15) is 12.7 Å². The zero-order valence-corrected chi connectivity index (χ0v) is 20.5. The van der Waals surface area contributed by atoms with Crippen molar-refractivity contribution in [2.24, 2.45) is 5.41 Å². The first kappa shape index (κ1) is 27.0. The molecule has 172 valence electrons. The highest BCUT2D eigenvalue weighted by molar-refractivity contribution is 7.61. The second kappa shape index (κ2) is 11.5. The van der Waals surface area contributed by atoms with Gasteiger partial charge in [-0.3, -0.25) is 9.63 Å². The molecule has 2 atom stereocenters. The normalized spacial score (nSPS) is 15.1. The van der Waals surface area contributed by atoms with E-state index in [2.05, 4.69) is 0 Å². The first-order chi connectivity index (χ1) is 13.9. The van der Waals surface area contributed by atoms with Crippen molar-refractivity contribution in [2.75, 3.05) is 19.8 Å². The van der Waals surface area contributed by atoms with Crippen LogP contribution < -0.4 is 0 Å². The number of carbonyl (C=O) groups excluding carboxylic acids is 1. The number of hydrogen-bond acceptors (Lipinski definition) is 7. The minimum Gasteiger partial charge on any atom is -0.465 e. The van der Waals surface area contributed by atoms with Crippen LogP contribution in [0.25, 0.3) is 0 Å². The number of hydroxylamine groups is 2. The molecule has 2 unspecified atom stereocenters. The molecule has 1 aromatic rings. The average molecular weight is 445 g/mol. The molecule has 1 N–H and O–H groups in total. The maximum Gasteiger partial charge on any atom is 0.430 e. The summed E-state index contributed by atoms with van der Waals surface area (Å²) in [7, 11) is -3.34. The van der Waals surface area contributed by atoms with E-state index in [-0.39, 0.29) is 6.61 Å². The fourth-order valence-electron chi connectivity index (χ4n) is 3.22. The minimum atomic E-state index is -3.34. The third-order valence-electron chi connectivity index (χ3n) is 4.32. The van der Waals surface area contributed by atoms with Crippen LogP contribution in [0.1, 0.15) is 67.1 Å². The standard InChI is InChI=1S/C22H39NO6P/c1-9-27-30(25,28-10-2)20(21(3,4)5)23(22(6,7)8)29-19(16-26-17-24)18-14-12-11-13-15-18/h11-15,17,19-20,25H,9-10,16H2,1-8H3/q+1. The Hall–Kier alpha value is -1.08. The molecule has 7 nitrogen and oxygen atoms in total. The summed E-state index contributed by atoms with van der Waals surface area (Å²) in [6.07, 6.45) is -0.558. The molecule has 0 aliphatic heterocycles. The molecule has 8 heteroatoms. The third-order valence-corrected chi connectivity index (χ3v) is 7.18. The smallest absolute Gasteiger partial charge is 0.430 e. The van der Waals surface area contributed by atoms with Gasteiger partial charge in [0.2, 0.25) is 5.78 Å². The first-order valence-corrected chi connectivity index (χ1v) is 12.0. The summed E-state index contributed by atoms with van der Waals surface area (Å²) in [4.78, 5) is 28.9. The van der Waals surface area contributed by atoms with Crippen LogP contribution in [0.4, 0.5) is 0 Å². The van der Waals surface area contributed by atoms with Crippen LogP contribution in [0, 0.1) is 5.41 Å². The number of rotatable bonds is 12. The van der Waals surface area contributed by atoms with E-state index in [0.717, 1.165) is 5.56 Å². The van der Waals surface area contributed by atoms with E-state index in [1.807, 2.05) is 85.7 Å². The lowest BCUT2D eigenvalue weighted by atomic mass is 9.94. The van der Waals surface area contributed by atoms with Crippen LogP contribution in [0.15, 0.2) is 30.3 Å². The molecule has 30 heavy (non-hydrogen) atoms. The highest BCUT2D eigenvalue weighted by Gasteiger charge is 2.61. The Morgan fingerprint density at radius 3 is 1.97 bits per heavy atom. The Bertz CT molecular complexity index is 623. The van der Waals surface area contributed by atoms with E-state index in [1.165, 1.54) is 0 Å². The SMILES string of the molecule is CCO[P+](O)(OCC)C(N(OC(COC=O)c1ccccc1)C(C)(C)C)C(C)(C)C.